The van der Waals surface area contributed by atoms with Crippen molar-refractivity contribution >= 4 is 11.6 Å². The Morgan fingerprint density at radius 2 is 2.11 bits per heavy atom. The summed E-state index contributed by atoms with van der Waals surface area (Å²) in [6.45, 7) is 0. The standard InChI is InChI=1S/C16H21NO2/c1-17-14-7-6-12(9-13(14)10-16(17)19)15(18)8-11-4-2-3-5-11/h6-7,9,11,15,18H,2-5,8,10H2,1H3. The number of aliphatic hydroxyl groups is 1. The van der Waals surface area contributed by atoms with E-state index in [1.165, 1.54) is 25.7 Å². The van der Waals surface area contributed by atoms with E-state index in [1.54, 1.807) is 4.90 Å². The van der Waals surface area contributed by atoms with Crippen LogP contribution in [0.3, 0.4) is 0 Å². The van der Waals surface area contributed by atoms with Crippen molar-refractivity contribution in [1.82, 2.24) is 0 Å². The van der Waals surface area contributed by atoms with Gasteiger partial charge in [-0.25, -0.2) is 0 Å². The summed E-state index contributed by atoms with van der Waals surface area (Å²) in [5.41, 5.74) is 3.01. The molecule has 3 rings (SSSR count). The second-order valence-electron chi connectivity index (χ2n) is 5.92. The fourth-order valence-electron chi connectivity index (χ4n) is 3.40. The molecule has 1 aliphatic carbocycles. The number of amides is 1. The lowest BCUT2D eigenvalue weighted by Crippen LogP contribution is -2.20. The molecule has 19 heavy (non-hydrogen) atoms. The molecule has 0 spiro atoms. The lowest BCUT2D eigenvalue weighted by Gasteiger charge is -2.17. The number of hydrogen-bond acceptors (Lipinski definition) is 2. The Hall–Kier alpha value is -1.35. The van der Waals surface area contributed by atoms with Gasteiger partial charge in [-0.3, -0.25) is 4.79 Å². The number of nitrogens with zero attached hydrogens (tertiary/aromatic N) is 1. The van der Waals surface area contributed by atoms with Gasteiger partial charge in [0.2, 0.25) is 5.91 Å². The van der Waals surface area contributed by atoms with Crippen molar-refractivity contribution in [2.24, 2.45) is 5.92 Å². The van der Waals surface area contributed by atoms with Gasteiger partial charge in [0.25, 0.3) is 0 Å². The van der Waals surface area contributed by atoms with Crippen LogP contribution in [0.1, 0.15) is 49.3 Å². The van der Waals surface area contributed by atoms with Crippen LogP contribution in [0.2, 0.25) is 0 Å². The fraction of sp³-hybridized carbons (Fsp3) is 0.562. The molecule has 1 N–H and O–H groups in total. The quantitative estimate of drug-likeness (QED) is 0.906. The van der Waals surface area contributed by atoms with Crippen LogP contribution in [-0.2, 0) is 11.2 Å². The molecular weight excluding hydrogens is 238 g/mol. The van der Waals surface area contributed by atoms with E-state index < -0.39 is 0 Å². The smallest absolute Gasteiger partial charge is 0.231 e. The minimum atomic E-state index is -0.380. The SMILES string of the molecule is CN1C(=O)Cc2cc(C(O)CC3CCCC3)ccc21. The molecule has 0 saturated heterocycles. The van der Waals surface area contributed by atoms with Gasteiger partial charge in [0.05, 0.1) is 12.5 Å². The maximum atomic E-state index is 11.7. The van der Waals surface area contributed by atoms with E-state index in [4.69, 9.17) is 0 Å². The molecule has 0 aromatic heterocycles. The first-order valence-electron chi connectivity index (χ1n) is 7.22. The molecule has 3 nitrogen and oxygen atoms in total. The molecule has 0 bridgehead atoms. The molecule has 2 aliphatic rings. The lowest BCUT2D eigenvalue weighted by atomic mass is 9.94. The Kier molecular flexibility index (Phi) is 3.31. The fourth-order valence-corrected chi connectivity index (χ4v) is 3.40. The second kappa shape index (κ2) is 4.97. The highest BCUT2D eigenvalue weighted by atomic mass is 16.3. The first-order valence-corrected chi connectivity index (χ1v) is 7.22. The summed E-state index contributed by atoms with van der Waals surface area (Å²) in [4.78, 5) is 13.4. The first kappa shape index (κ1) is 12.7. The van der Waals surface area contributed by atoms with Crippen molar-refractivity contribution in [3.63, 3.8) is 0 Å². The molecule has 1 saturated carbocycles. The van der Waals surface area contributed by atoms with Gasteiger partial charge in [-0.05, 0) is 29.5 Å². The Morgan fingerprint density at radius 3 is 2.84 bits per heavy atom. The van der Waals surface area contributed by atoms with Crippen molar-refractivity contribution in [3.8, 4) is 0 Å². The third kappa shape index (κ3) is 2.39. The van der Waals surface area contributed by atoms with Crippen LogP contribution in [0.15, 0.2) is 18.2 Å². The van der Waals surface area contributed by atoms with E-state index in [0.717, 1.165) is 23.2 Å². The van der Waals surface area contributed by atoms with Gasteiger partial charge in [-0.15, -0.1) is 0 Å². The van der Waals surface area contributed by atoms with Crippen molar-refractivity contribution in [2.75, 3.05) is 11.9 Å². The molecule has 1 fully saturated rings. The maximum absolute atomic E-state index is 11.7. The minimum Gasteiger partial charge on any atom is -0.388 e. The number of hydrogen-bond donors (Lipinski definition) is 1. The molecule has 1 unspecified atom stereocenters. The van der Waals surface area contributed by atoms with Gasteiger partial charge < -0.3 is 10.0 Å². The summed E-state index contributed by atoms with van der Waals surface area (Å²) in [6.07, 6.45) is 6.07. The van der Waals surface area contributed by atoms with Gasteiger partial charge in [0.15, 0.2) is 0 Å². The van der Waals surface area contributed by atoms with E-state index in [1.807, 2.05) is 25.2 Å². The maximum Gasteiger partial charge on any atom is 0.231 e. The molecule has 3 heteroatoms. The van der Waals surface area contributed by atoms with Crippen molar-refractivity contribution in [1.29, 1.82) is 0 Å². The third-order valence-electron chi connectivity index (χ3n) is 4.60. The van der Waals surface area contributed by atoms with Gasteiger partial charge in [-0.1, -0.05) is 37.8 Å². The topological polar surface area (TPSA) is 40.5 Å². The summed E-state index contributed by atoms with van der Waals surface area (Å²) in [5.74, 6) is 0.810. The third-order valence-corrected chi connectivity index (χ3v) is 4.60. The number of aliphatic hydroxyl groups excluding tert-OH is 1. The number of carbonyl (C=O) groups excluding carboxylic acids is 1. The van der Waals surface area contributed by atoms with Crippen molar-refractivity contribution in [2.45, 2.75) is 44.6 Å². The number of anilines is 1. The Balaban J connectivity index is 1.75. The van der Waals surface area contributed by atoms with Crippen LogP contribution in [0.25, 0.3) is 0 Å². The normalized spacial score (nSPS) is 20.9. The molecular formula is C16H21NO2. The highest BCUT2D eigenvalue weighted by Gasteiger charge is 2.26. The molecule has 1 aromatic carbocycles. The van der Waals surface area contributed by atoms with Gasteiger partial charge >= 0.3 is 0 Å². The van der Waals surface area contributed by atoms with E-state index >= 15 is 0 Å². The number of carbonyl (C=O) groups is 1. The predicted octanol–water partition coefficient (Wildman–Crippen LogP) is 2.82. The largest absolute Gasteiger partial charge is 0.388 e. The molecule has 1 aliphatic heterocycles. The van der Waals surface area contributed by atoms with Crippen LogP contribution < -0.4 is 4.90 Å². The number of fused-ring (bicyclic) bond motifs is 1. The van der Waals surface area contributed by atoms with Gasteiger partial charge in [-0.2, -0.15) is 0 Å². The lowest BCUT2D eigenvalue weighted by molar-refractivity contribution is -0.117. The zero-order valence-electron chi connectivity index (χ0n) is 11.4. The summed E-state index contributed by atoms with van der Waals surface area (Å²) in [6, 6.07) is 5.94. The van der Waals surface area contributed by atoms with Crippen LogP contribution in [0, 0.1) is 5.92 Å². The van der Waals surface area contributed by atoms with Gasteiger partial charge in [0, 0.05) is 12.7 Å². The van der Waals surface area contributed by atoms with Gasteiger partial charge in [0.1, 0.15) is 0 Å². The van der Waals surface area contributed by atoms with E-state index in [0.29, 0.717) is 12.3 Å². The molecule has 1 aromatic rings. The Morgan fingerprint density at radius 1 is 1.37 bits per heavy atom. The summed E-state index contributed by atoms with van der Waals surface area (Å²) < 4.78 is 0. The second-order valence-corrected chi connectivity index (χ2v) is 5.92. The monoisotopic (exact) mass is 259 g/mol. The molecule has 102 valence electrons. The van der Waals surface area contributed by atoms with E-state index in [2.05, 4.69) is 0 Å². The van der Waals surface area contributed by atoms with Crippen molar-refractivity contribution < 1.29 is 9.90 Å². The summed E-state index contributed by atoms with van der Waals surface area (Å²) in [7, 11) is 1.81. The van der Waals surface area contributed by atoms with E-state index in [9.17, 15) is 9.90 Å². The highest BCUT2D eigenvalue weighted by molar-refractivity contribution is 6.00. The zero-order valence-corrected chi connectivity index (χ0v) is 11.4. The van der Waals surface area contributed by atoms with Crippen molar-refractivity contribution in [3.05, 3.63) is 29.3 Å². The van der Waals surface area contributed by atoms with Crippen LogP contribution in [0.5, 0.6) is 0 Å². The summed E-state index contributed by atoms with van der Waals surface area (Å²) >= 11 is 0. The van der Waals surface area contributed by atoms with Crippen LogP contribution in [0.4, 0.5) is 5.69 Å². The number of benzene rings is 1. The van der Waals surface area contributed by atoms with Crippen LogP contribution in [-0.4, -0.2) is 18.1 Å². The molecule has 0 radical (unpaired) electrons. The highest BCUT2D eigenvalue weighted by Crippen LogP contribution is 2.35. The predicted molar refractivity (Wildman–Crippen MR) is 75.1 cm³/mol. The molecule has 1 heterocycles. The van der Waals surface area contributed by atoms with E-state index in [-0.39, 0.29) is 12.0 Å². The average molecular weight is 259 g/mol. The summed E-state index contributed by atoms with van der Waals surface area (Å²) in [5, 5.41) is 10.3. The first-order chi connectivity index (χ1) is 9.15. The molecule has 1 amide bonds. The number of likely N-dealkylation sites (N-methyl/N-ethyl adjacent to an activating group) is 1. The zero-order chi connectivity index (χ0) is 13.4. The molecule has 1 atom stereocenters. The number of rotatable bonds is 3. The van der Waals surface area contributed by atoms with Crippen LogP contribution >= 0.6 is 0 Å². The average Bonchev–Trinajstić information content (AvgIpc) is 2.99. The minimum absolute atomic E-state index is 0.137. The Labute approximate surface area is 114 Å². The Bertz CT molecular complexity index is 492.